The molecule has 2 aromatic rings. The molecule has 5 nitrogen and oxygen atoms in total. The third-order valence-corrected chi connectivity index (χ3v) is 3.46. The Bertz CT molecular complexity index is 575. The average molecular weight is 271 g/mol. The van der Waals surface area contributed by atoms with Gasteiger partial charge in [0.05, 0.1) is 6.20 Å². The van der Waals surface area contributed by atoms with Crippen LogP contribution in [0.4, 0.5) is 5.69 Å². The molecular weight excluding hydrogens is 254 g/mol. The van der Waals surface area contributed by atoms with E-state index in [9.17, 15) is 4.79 Å². The van der Waals surface area contributed by atoms with Crippen molar-refractivity contribution in [1.29, 1.82) is 0 Å². The summed E-state index contributed by atoms with van der Waals surface area (Å²) in [5, 5.41) is 6.25. The van der Waals surface area contributed by atoms with Crippen LogP contribution in [0.15, 0.2) is 41.3 Å². The van der Waals surface area contributed by atoms with Gasteiger partial charge in [0.15, 0.2) is 12.2 Å². The van der Waals surface area contributed by atoms with E-state index in [1.54, 1.807) is 6.20 Å². The number of anilines is 1. The van der Waals surface area contributed by atoms with Crippen molar-refractivity contribution in [2.75, 3.05) is 11.9 Å². The summed E-state index contributed by atoms with van der Waals surface area (Å²) in [4.78, 5) is 15.9. The lowest BCUT2D eigenvalue weighted by atomic mass is 10.1. The molecule has 1 aromatic carbocycles. The number of hydrogen-bond donors (Lipinski definition) is 2. The van der Waals surface area contributed by atoms with Crippen molar-refractivity contribution in [3.63, 3.8) is 0 Å². The molecule has 0 bridgehead atoms. The maximum Gasteiger partial charge on any atom is 0.225 e. The van der Waals surface area contributed by atoms with Crippen LogP contribution in [0.3, 0.4) is 0 Å². The van der Waals surface area contributed by atoms with Crippen molar-refractivity contribution in [3.05, 3.63) is 36.9 Å². The van der Waals surface area contributed by atoms with Gasteiger partial charge in [-0.05, 0) is 31.5 Å². The van der Waals surface area contributed by atoms with E-state index >= 15 is 0 Å². The molecule has 2 heterocycles. The van der Waals surface area contributed by atoms with Crippen molar-refractivity contribution in [3.8, 4) is 11.3 Å². The Labute approximate surface area is 117 Å². The minimum Gasteiger partial charge on any atom is -0.444 e. The molecule has 1 amide bonds. The minimum atomic E-state index is 0.0409. The van der Waals surface area contributed by atoms with E-state index in [1.165, 1.54) is 6.39 Å². The Balaban J connectivity index is 1.65. The van der Waals surface area contributed by atoms with Gasteiger partial charge in [-0.15, -0.1) is 0 Å². The van der Waals surface area contributed by atoms with E-state index in [0.717, 1.165) is 30.6 Å². The van der Waals surface area contributed by atoms with Crippen LogP contribution in [0.1, 0.15) is 19.3 Å². The van der Waals surface area contributed by atoms with Gasteiger partial charge in [0.2, 0.25) is 5.91 Å². The molecule has 104 valence electrons. The number of carbonyl (C=O) groups is 1. The molecule has 0 radical (unpaired) electrons. The highest BCUT2D eigenvalue weighted by atomic mass is 16.3. The molecule has 0 spiro atoms. The maximum atomic E-state index is 12.0. The van der Waals surface area contributed by atoms with Gasteiger partial charge < -0.3 is 15.1 Å². The summed E-state index contributed by atoms with van der Waals surface area (Å²) in [7, 11) is 0. The summed E-state index contributed by atoms with van der Waals surface area (Å²) in [5.41, 5.74) is 1.68. The van der Waals surface area contributed by atoms with E-state index < -0.39 is 0 Å². The van der Waals surface area contributed by atoms with Gasteiger partial charge in [-0.3, -0.25) is 4.79 Å². The molecule has 1 unspecified atom stereocenters. The Morgan fingerprint density at radius 2 is 2.45 bits per heavy atom. The number of hydrogen-bond acceptors (Lipinski definition) is 4. The minimum absolute atomic E-state index is 0.0409. The van der Waals surface area contributed by atoms with Crippen LogP contribution in [0.2, 0.25) is 0 Å². The first-order valence-electron chi connectivity index (χ1n) is 6.83. The SMILES string of the molecule is O=C(CC1CCCN1)Nc1cccc(-c2cnco2)c1. The van der Waals surface area contributed by atoms with Crippen LogP contribution in [0, 0.1) is 0 Å². The lowest BCUT2D eigenvalue weighted by molar-refractivity contribution is -0.116. The van der Waals surface area contributed by atoms with Gasteiger partial charge in [0, 0.05) is 23.7 Å². The molecule has 1 aliphatic heterocycles. The number of nitrogens with one attached hydrogen (secondary N) is 2. The zero-order valence-electron chi connectivity index (χ0n) is 11.1. The summed E-state index contributed by atoms with van der Waals surface area (Å²) in [5.74, 6) is 0.734. The van der Waals surface area contributed by atoms with Crippen LogP contribution in [0.5, 0.6) is 0 Å². The van der Waals surface area contributed by atoms with Crippen molar-refractivity contribution in [1.82, 2.24) is 10.3 Å². The van der Waals surface area contributed by atoms with Gasteiger partial charge in [0.25, 0.3) is 0 Å². The van der Waals surface area contributed by atoms with Crippen LogP contribution >= 0.6 is 0 Å². The molecule has 1 aromatic heterocycles. The van der Waals surface area contributed by atoms with Crippen LogP contribution < -0.4 is 10.6 Å². The molecule has 5 heteroatoms. The first-order valence-corrected chi connectivity index (χ1v) is 6.83. The summed E-state index contributed by atoms with van der Waals surface area (Å²) in [6.07, 6.45) is 5.80. The number of benzene rings is 1. The van der Waals surface area contributed by atoms with E-state index in [4.69, 9.17) is 4.42 Å². The van der Waals surface area contributed by atoms with Gasteiger partial charge in [-0.25, -0.2) is 4.98 Å². The second-order valence-electron chi connectivity index (χ2n) is 4.99. The van der Waals surface area contributed by atoms with Crippen molar-refractivity contribution in [2.24, 2.45) is 0 Å². The second-order valence-corrected chi connectivity index (χ2v) is 4.99. The first kappa shape index (κ1) is 12.9. The third kappa shape index (κ3) is 3.05. The van der Waals surface area contributed by atoms with E-state index in [0.29, 0.717) is 18.2 Å². The topological polar surface area (TPSA) is 67.2 Å². The Hall–Kier alpha value is -2.14. The number of rotatable bonds is 4. The first-order chi connectivity index (χ1) is 9.81. The highest BCUT2D eigenvalue weighted by molar-refractivity contribution is 5.91. The number of carbonyl (C=O) groups excluding carboxylic acids is 1. The molecule has 0 saturated carbocycles. The number of oxazole rings is 1. The maximum absolute atomic E-state index is 12.0. The summed E-state index contributed by atoms with van der Waals surface area (Å²) in [6.45, 7) is 1.01. The predicted octanol–water partition coefficient (Wildman–Crippen LogP) is 2.42. The number of amides is 1. The van der Waals surface area contributed by atoms with Gasteiger partial charge >= 0.3 is 0 Å². The van der Waals surface area contributed by atoms with Crippen molar-refractivity contribution >= 4 is 11.6 Å². The van der Waals surface area contributed by atoms with Gasteiger partial charge in [-0.1, -0.05) is 12.1 Å². The molecular formula is C15H17N3O2. The summed E-state index contributed by atoms with van der Waals surface area (Å²) >= 11 is 0. The Morgan fingerprint density at radius 3 is 3.20 bits per heavy atom. The lowest BCUT2D eigenvalue weighted by Gasteiger charge is -2.10. The monoisotopic (exact) mass is 271 g/mol. The summed E-state index contributed by atoms with van der Waals surface area (Å²) in [6, 6.07) is 7.89. The van der Waals surface area contributed by atoms with Crippen LogP contribution in [-0.4, -0.2) is 23.5 Å². The average Bonchev–Trinajstić information content (AvgIpc) is 3.11. The predicted molar refractivity (Wildman–Crippen MR) is 76.2 cm³/mol. The fourth-order valence-corrected chi connectivity index (χ4v) is 2.48. The molecule has 1 aliphatic rings. The molecule has 1 fully saturated rings. The Morgan fingerprint density at radius 1 is 1.50 bits per heavy atom. The van der Waals surface area contributed by atoms with Crippen molar-refractivity contribution in [2.45, 2.75) is 25.3 Å². The number of nitrogens with zero attached hydrogens (tertiary/aromatic N) is 1. The second kappa shape index (κ2) is 5.88. The van der Waals surface area contributed by atoms with Crippen molar-refractivity contribution < 1.29 is 9.21 Å². The largest absolute Gasteiger partial charge is 0.444 e. The number of aromatic nitrogens is 1. The fourth-order valence-electron chi connectivity index (χ4n) is 2.48. The highest BCUT2D eigenvalue weighted by Gasteiger charge is 2.17. The van der Waals surface area contributed by atoms with E-state index in [1.807, 2.05) is 24.3 Å². The quantitative estimate of drug-likeness (QED) is 0.896. The van der Waals surface area contributed by atoms with E-state index in [-0.39, 0.29) is 5.91 Å². The lowest BCUT2D eigenvalue weighted by Crippen LogP contribution is -2.27. The van der Waals surface area contributed by atoms with Gasteiger partial charge in [0.1, 0.15) is 0 Å². The zero-order chi connectivity index (χ0) is 13.8. The van der Waals surface area contributed by atoms with E-state index in [2.05, 4.69) is 15.6 Å². The molecule has 1 atom stereocenters. The molecule has 20 heavy (non-hydrogen) atoms. The standard InChI is InChI=1S/C15H17N3O2/c19-15(8-12-5-2-6-17-12)18-13-4-1-3-11(7-13)14-9-16-10-20-14/h1,3-4,7,9-10,12,17H,2,5-6,8H2,(H,18,19). The summed E-state index contributed by atoms with van der Waals surface area (Å²) < 4.78 is 5.25. The zero-order valence-corrected chi connectivity index (χ0v) is 11.1. The molecule has 0 aliphatic carbocycles. The third-order valence-electron chi connectivity index (χ3n) is 3.46. The van der Waals surface area contributed by atoms with Crippen LogP contribution in [0.25, 0.3) is 11.3 Å². The van der Waals surface area contributed by atoms with Gasteiger partial charge in [-0.2, -0.15) is 0 Å². The Kier molecular flexibility index (Phi) is 3.78. The smallest absolute Gasteiger partial charge is 0.225 e. The normalized spacial score (nSPS) is 18.1. The molecule has 1 saturated heterocycles. The molecule has 2 N–H and O–H groups in total. The van der Waals surface area contributed by atoms with Crippen LogP contribution in [-0.2, 0) is 4.79 Å². The highest BCUT2D eigenvalue weighted by Crippen LogP contribution is 2.22. The molecule has 3 rings (SSSR count). The fraction of sp³-hybridized carbons (Fsp3) is 0.333.